The molecule has 46 heavy (non-hydrogen) atoms. The van der Waals surface area contributed by atoms with E-state index in [2.05, 4.69) is 52.4 Å². The Labute approximate surface area is 271 Å². The van der Waals surface area contributed by atoms with Crippen LogP contribution in [0.25, 0.3) is 23.0 Å². The molecule has 0 saturated carbocycles. The van der Waals surface area contributed by atoms with Crippen LogP contribution < -0.4 is 15.9 Å². The Bertz CT molecular complexity index is 2090. The molecule has 6 aromatic rings. The van der Waals surface area contributed by atoms with E-state index < -0.39 is 6.89 Å². The maximum atomic E-state index is 13.6. The number of thioether (sulfide) groups is 1. The van der Waals surface area contributed by atoms with Gasteiger partial charge >= 0.3 is 0 Å². The highest BCUT2D eigenvalue weighted by atomic mass is 32.2. The van der Waals surface area contributed by atoms with Crippen molar-refractivity contribution in [3.8, 4) is 23.0 Å². The number of benzene rings is 4. The quantitative estimate of drug-likeness (QED) is 0.146. The minimum absolute atomic E-state index is 0.385. The van der Waals surface area contributed by atoms with Crippen LogP contribution in [0.3, 0.4) is 0 Å². The van der Waals surface area contributed by atoms with E-state index in [1.807, 2.05) is 109 Å². The average molecular weight is 632 g/mol. The lowest BCUT2D eigenvalue weighted by molar-refractivity contribution is -0.113. The summed E-state index contributed by atoms with van der Waals surface area (Å²) in [5.41, 5.74) is 3.16. The van der Waals surface area contributed by atoms with E-state index in [1.54, 1.807) is 17.1 Å². The molecule has 0 N–H and O–H groups in total. The van der Waals surface area contributed by atoms with Crippen molar-refractivity contribution < 1.29 is 4.79 Å². The predicted molar refractivity (Wildman–Crippen MR) is 191 cm³/mol. The molecule has 2 aromatic heterocycles. The zero-order chi connectivity index (χ0) is 31.3. The Kier molecular flexibility index (Phi) is 8.14. The van der Waals surface area contributed by atoms with Crippen molar-refractivity contribution in [3.63, 3.8) is 0 Å². The van der Waals surface area contributed by atoms with Gasteiger partial charge in [-0.05, 0) is 53.1 Å². The fourth-order valence-corrected chi connectivity index (χ4v) is 11.0. The summed E-state index contributed by atoms with van der Waals surface area (Å²) in [5.74, 6) is -0.385. The first-order valence-electron chi connectivity index (χ1n) is 14.6. The Balaban J connectivity index is 1.42. The van der Waals surface area contributed by atoms with E-state index in [0.717, 1.165) is 32.7 Å². The van der Waals surface area contributed by atoms with Gasteiger partial charge in [-0.25, -0.2) is 9.67 Å². The lowest BCUT2D eigenvalue weighted by Gasteiger charge is -2.30. The van der Waals surface area contributed by atoms with E-state index in [4.69, 9.17) is 5.10 Å². The number of para-hydroxylation sites is 1. The minimum atomic E-state index is -2.74. The number of carbonyl (C=O) groups excluding carboxylic acids is 1. The highest BCUT2D eigenvalue weighted by molar-refractivity contribution is 8.22. The number of nitrogens with zero attached hydrogens (tertiary/aromatic N) is 5. The van der Waals surface area contributed by atoms with Crippen molar-refractivity contribution >= 4 is 56.9 Å². The van der Waals surface area contributed by atoms with Gasteiger partial charge in [0.15, 0.2) is 0 Å². The summed E-state index contributed by atoms with van der Waals surface area (Å²) >= 11 is 1.24. The van der Waals surface area contributed by atoms with Gasteiger partial charge in [0.2, 0.25) is 0 Å². The first kappa shape index (κ1) is 29.2. The number of pyridine rings is 1. The Morgan fingerprint density at radius 3 is 1.85 bits per heavy atom. The van der Waals surface area contributed by atoms with Gasteiger partial charge in [-0.3, -0.25) is 9.78 Å². The van der Waals surface area contributed by atoms with Crippen molar-refractivity contribution in [1.82, 2.24) is 14.8 Å². The molecule has 6 nitrogen and oxygen atoms in total. The summed E-state index contributed by atoms with van der Waals surface area (Å²) in [5, 5.41) is 19.8. The molecule has 220 valence electrons. The van der Waals surface area contributed by atoms with Crippen LogP contribution in [0, 0.1) is 11.3 Å². The van der Waals surface area contributed by atoms with Gasteiger partial charge in [-0.2, -0.15) is 10.4 Å². The van der Waals surface area contributed by atoms with Gasteiger partial charge in [0.05, 0.1) is 15.9 Å². The fraction of sp³-hybridized carbons (Fsp3) is 0. The molecule has 0 saturated heterocycles. The summed E-state index contributed by atoms with van der Waals surface area (Å²) in [4.78, 5) is 22.9. The Hall–Kier alpha value is -5.54. The number of hydrogen-bond donors (Lipinski definition) is 0. The second kappa shape index (κ2) is 12.8. The highest BCUT2D eigenvalue weighted by Crippen LogP contribution is 2.48. The zero-order valence-electron chi connectivity index (χ0n) is 24.5. The van der Waals surface area contributed by atoms with Crippen LogP contribution >= 0.6 is 18.6 Å². The first-order chi connectivity index (χ1) is 22.7. The van der Waals surface area contributed by atoms with Crippen LogP contribution in [-0.4, -0.2) is 31.0 Å². The van der Waals surface area contributed by atoms with Crippen molar-refractivity contribution in [1.29, 1.82) is 5.26 Å². The van der Waals surface area contributed by atoms with Crippen LogP contribution in [0.5, 0.6) is 0 Å². The standard InChI is InChI=1S/C38H26N5OPS/c39-25-34(45(31-17-7-2-8-18-31,32-19-9-3-10-20-32)33-21-11-4-12-22-33)38-41-37(44)35(46-38)24-29-27-43(30-15-5-1-6-16-30)42-36(29)28-14-13-23-40-26-28/h1-24,26-27H. The van der Waals surface area contributed by atoms with Crippen LogP contribution in [-0.2, 0) is 4.79 Å². The summed E-state index contributed by atoms with van der Waals surface area (Å²) in [6.07, 6.45) is 7.19. The number of nitriles is 1. The number of aliphatic imine (C=N–C) groups is 1. The molecule has 0 fully saturated rings. The number of rotatable bonds is 7. The predicted octanol–water partition coefficient (Wildman–Crippen LogP) is 6.64. The van der Waals surface area contributed by atoms with Gasteiger partial charge in [0, 0.05) is 29.7 Å². The van der Waals surface area contributed by atoms with Crippen molar-refractivity contribution in [2.45, 2.75) is 0 Å². The number of carbonyl (C=O) groups is 1. The third kappa shape index (κ3) is 5.35. The Morgan fingerprint density at radius 2 is 1.33 bits per heavy atom. The summed E-state index contributed by atoms with van der Waals surface area (Å²) < 4.78 is 1.80. The molecule has 0 aliphatic carbocycles. The van der Waals surface area contributed by atoms with E-state index in [1.165, 1.54) is 11.8 Å². The first-order valence-corrected chi connectivity index (χ1v) is 17.2. The van der Waals surface area contributed by atoms with E-state index in [9.17, 15) is 10.1 Å². The molecule has 7 rings (SSSR count). The smallest absolute Gasteiger partial charge is 0.266 e. The molecule has 1 aliphatic heterocycles. The van der Waals surface area contributed by atoms with Gasteiger partial charge in [-0.1, -0.05) is 121 Å². The second-order valence-electron chi connectivity index (χ2n) is 10.4. The molecule has 0 unspecified atom stereocenters. The largest absolute Gasteiger partial charge is 0.284 e. The molecule has 1 aliphatic rings. The van der Waals surface area contributed by atoms with Gasteiger partial charge in [0.25, 0.3) is 5.91 Å². The molecular formula is C38H26N5OPS. The molecule has 3 heterocycles. The molecule has 0 radical (unpaired) electrons. The molecule has 0 spiro atoms. The topological polar surface area (TPSA) is 83.9 Å². The van der Waals surface area contributed by atoms with E-state index >= 15 is 0 Å². The van der Waals surface area contributed by atoms with Crippen molar-refractivity contribution in [2.24, 2.45) is 4.99 Å². The molecule has 0 atom stereocenters. The number of aromatic nitrogens is 3. The molecule has 8 heteroatoms. The van der Waals surface area contributed by atoms with Crippen LogP contribution in [0.1, 0.15) is 5.56 Å². The van der Waals surface area contributed by atoms with E-state index in [0.29, 0.717) is 20.9 Å². The highest BCUT2D eigenvalue weighted by Gasteiger charge is 2.36. The zero-order valence-corrected chi connectivity index (χ0v) is 26.2. The normalized spacial score (nSPS) is 13.8. The van der Waals surface area contributed by atoms with Crippen LogP contribution in [0.4, 0.5) is 0 Å². The number of amides is 1. The SMILES string of the molecule is N#CC(C1=NC(=O)C(=Cc2cn(-c3ccccc3)nc2-c2cccnc2)S1)=P(c1ccccc1)(c1ccccc1)c1ccccc1. The Morgan fingerprint density at radius 1 is 0.761 bits per heavy atom. The third-order valence-corrected chi connectivity index (χ3v) is 13.0. The third-order valence-electron chi connectivity index (χ3n) is 7.68. The fourth-order valence-electron chi connectivity index (χ4n) is 5.64. The van der Waals surface area contributed by atoms with Crippen molar-refractivity contribution in [2.75, 3.05) is 0 Å². The molecule has 0 bridgehead atoms. The van der Waals surface area contributed by atoms with Gasteiger partial charge in [-0.15, -0.1) is 0 Å². The van der Waals surface area contributed by atoms with Crippen LogP contribution in [0.15, 0.2) is 162 Å². The monoisotopic (exact) mass is 631 g/mol. The average Bonchev–Trinajstić information content (AvgIpc) is 3.72. The summed E-state index contributed by atoms with van der Waals surface area (Å²) in [6, 6.07) is 46.5. The van der Waals surface area contributed by atoms with E-state index in [-0.39, 0.29) is 5.91 Å². The minimum Gasteiger partial charge on any atom is -0.266 e. The maximum Gasteiger partial charge on any atom is 0.284 e. The molecule has 1 amide bonds. The summed E-state index contributed by atoms with van der Waals surface area (Å²) in [7, 11) is 0. The summed E-state index contributed by atoms with van der Waals surface area (Å²) in [6.45, 7) is -2.74. The molecular weight excluding hydrogens is 605 g/mol. The van der Waals surface area contributed by atoms with Gasteiger partial charge in [0.1, 0.15) is 16.8 Å². The number of hydrogen-bond acceptors (Lipinski definition) is 5. The van der Waals surface area contributed by atoms with Crippen molar-refractivity contribution in [3.05, 3.63) is 163 Å². The van der Waals surface area contributed by atoms with Crippen LogP contribution in [0.2, 0.25) is 0 Å². The second-order valence-corrected chi connectivity index (χ2v) is 14.8. The van der Waals surface area contributed by atoms with Gasteiger partial charge < -0.3 is 0 Å². The molecule has 4 aromatic carbocycles. The lowest BCUT2D eigenvalue weighted by atomic mass is 10.1. The maximum absolute atomic E-state index is 13.6. The lowest BCUT2D eigenvalue weighted by Crippen LogP contribution is -2.32.